The molecule has 4 N–H and O–H groups in total. The molecule has 0 bridgehead atoms. The predicted molar refractivity (Wildman–Crippen MR) is 96.6 cm³/mol. The van der Waals surface area contributed by atoms with Crippen LogP contribution in [0.2, 0.25) is 0 Å². The maximum Gasteiger partial charge on any atom is 0.259 e. The van der Waals surface area contributed by atoms with Gasteiger partial charge in [0.05, 0.1) is 17.8 Å². The summed E-state index contributed by atoms with van der Waals surface area (Å²) in [6.07, 6.45) is 0. The maximum absolute atomic E-state index is 12.0. The first kappa shape index (κ1) is 18.5. The lowest BCUT2D eigenvalue weighted by molar-refractivity contribution is -0.120. The first-order valence-corrected chi connectivity index (χ1v) is 8.06. The van der Waals surface area contributed by atoms with E-state index in [9.17, 15) is 19.8 Å². The molecule has 0 saturated carbocycles. The quantitative estimate of drug-likeness (QED) is 0.450. The number of hydrogen-bond acceptors (Lipinski definition) is 5. The molecule has 0 atom stereocenters. The average Bonchev–Trinajstić information content (AvgIpc) is 2.58. The normalized spacial score (nSPS) is 11.0. The monoisotopic (exact) mass is 405 g/mol. The van der Waals surface area contributed by atoms with Gasteiger partial charge in [-0.05, 0) is 47.1 Å². The summed E-state index contributed by atoms with van der Waals surface area (Å²) in [5.74, 6) is -1.14. The van der Waals surface area contributed by atoms with E-state index < -0.39 is 5.91 Å². The number of phenols is 2. The largest absolute Gasteiger partial charge is 0.508 e. The molecule has 0 aromatic heterocycles. The molecule has 2 aromatic carbocycles. The smallest absolute Gasteiger partial charge is 0.259 e. The highest BCUT2D eigenvalue weighted by molar-refractivity contribution is 9.10. The number of nitrogens with zero attached hydrogens (tertiary/aromatic N) is 1. The Morgan fingerprint density at radius 2 is 1.84 bits per heavy atom. The fourth-order valence-electron chi connectivity index (χ4n) is 1.97. The third kappa shape index (κ3) is 5.05. The molecule has 2 aromatic rings. The van der Waals surface area contributed by atoms with Gasteiger partial charge in [0.15, 0.2) is 0 Å². The van der Waals surface area contributed by atoms with Gasteiger partial charge in [0, 0.05) is 16.1 Å². The van der Waals surface area contributed by atoms with Gasteiger partial charge >= 0.3 is 0 Å². The van der Waals surface area contributed by atoms with Crippen molar-refractivity contribution in [1.29, 1.82) is 0 Å². The molecule has 0 aliphatic carbocycles. The minimum absolute atomic E-state index is 0.0760. The van der Waals surface area contributed by atoms with E-state index >= 15 is 0 Å². The highest BCUT2D eigenvalue weighted by atomic mass is 79.9. The molecule has 2 rings (SSSR count). The second-order valence-electron chi connectivity index (χ2n) is 5.10. The molecule has 130 valence electrons. The summed E-state index contributed by atoms with van der Waals surface area (Å²) in [6.45, 7) is 1.34. The van der Waals surface area contributed by atoms with E-state index in [1.807, 2.05) is 0 Å². The first-order chi connectivity index (χ1) is 11.9. The molecule has 8 heteroatoms. The predicted octanol–water partition coefficient (Wildman–Crippen LogP) is 2.13. The number of phenolic OH excluding ortho intramolecular Hbond substituents is 2. The summed E-state index contributed by atoms with van der Waals surface area (Å²) in [4.78, 5) is 23.8. The average molecular weight is 406 g/mol. The van der Waals surface area contributed by atoms with Gasteiger partial charge in [0.2, 0.25) is 0 Å². The van der Waals surface area contributed by atoms with Crippen molar-refractivity contribution < 1.29 is 19.8 Å². The molecule has 0 unspecified atom stereocenters. The van der Waals surface area contributed by atoms with Crippen LogP contribution in [0.25, 0.3) is 0 Å². The molecule has 0 radical (unpaired) electrons. The highest BCUT2D eigenvalue weighted by Crippen LogP contribution is 2.22. The molecule has 2 amide bonds. The Balaban J connectivity index is 1.92. The molecule has 0 spiro atoms. The maximum atomic E-state index is 12.0. The third-order valence-electron chi connectivity index (χ3n) is 3.25. The fourth-order valence-corrected chi connectivity index (χ4v) is 2.44. The zero-order valence-electron chi connectivity index (χ0n) is 13.3. The zero-order valence-corrected chi connectivity index (χ0v) is 14.9. The number of aromatic hydroxyl groups is 2. The van der Waals surface area contributed by atoms with Gasteiger partial charge < -0.3 is 15.5 Å². The Labute approximate surface area is 152 Å². The topological polar surface area (TPSA) is 111 Å². The number of hydrogen-bond donors (Lipinski definition) is 4. The van der Waals surface area contributed by atoms with Crippen molar-refractivity contribution in [1.82, 2.24) is 10.7 Å². The number of carbonyl (C=O) groups excluding carboxylic acids is 2. The van der Waals surface area contributed by atoms with E-state index in [4.69, 9.17) is 0 Å². The number of rotatable bonds is 5. The molecule has 0 aliphatic rings. The van der Waals surface area contributed by atoms with Crippen LogP contribution in [0.3, 0.4) is 0 Å². The molecular formula is C17H16BrN3O4. The van der Waals surface area contributed by atoms with Crippen molar-refractivity contribution in [2.24, 2.45) is 5.10 Å². The number of halogens is 1. The number of nitrogens with one attached hydrogen (secondary N) is 2. The lowest BCUT2D eigenvalue weighted by atomic mass is 10.1. The fraction of sp³-hybridized carbons (Fsp3) is 0.118. The van der Waals surface area contributed by atoms with E-state index in [1.165, 1.54) is 18.2 Å². The van der Waals surface area contributed by atoms with Gasteiger partial charge in [-0.15, -0.1) is 0 Å². The number of amides is 2. The Morgan fingerprint density at radius 1 is 1.12 bits per heavy atom. The lowest BCUT2D eigenvalue weighted by Gasteiger charge is -2.07. The summed E-state index contributed by atoms with van der Waals surface area (Å²) < 4.78 is 0.629. The lowest BCUT2D eigenvalue weighted by Crippen LogP contribution is -2.35. The number of benzene rings is 2. The highest BCUT2D eigenvalue weighted by Gasteiger charge is 2.11. The van der Waals surface area contributed by atoms with E-state index in [-0.39, 0.29) is 24.0 Å². The van der Waals surface area contributed by atoms with Crippen molar-refractivity contribution in [3.63, 3.8) is 0 Å². The number of carbonyl (C=O) groups is 2. The molecule has 0 aliphatic heterocycles. The summed E-state index contributed by atoms with van der Waals surface area (Å²) in [7, 11) is 0. The molecule has 0 heterocycles. The van der Waals surface area contributed by atoms with Crippen LogP contribution in [0.15, 0.2) is 52.0 Å². The van der Waals surface area contributed by atoms with Gasteiger partial charge in [-0.25, -0.2) is 5.43 Å². The summed E-state index contributed by atoms with van der Waals surface area (Å²) in [5.41, 5.74) is 3.43. The van der Waals surface area contributed by atoms with E-state index in [0.29, 0.717) is 21.3 Å². The second-order valence-corrected chi connectivity index (χ2v) is 5.95. The van der Waals surface area contributed by atoms with Crippen LogP contribution in [0.1, 0.15) is 22.8 Å². The van der Waals surface area contributed by atoms with Crippen molar-refractivity contribution >= 4 is 33.5 Å². The Kier molecular flexibility index (Phi) is 6.13. The van der Waals surface area contributed by atoms with Gasteiger partial charge in [0.1, 0.15) is 11.5 Å². The standard InChI is InChI=1S/C17H16BrN3O4/c1-10(12-7-6-11(22)8-15(12)23)20-21-16(24)9-19-17(25)13-4-2-3-5-14(13)18/h2-8,22-23H,9H2,1H3,(H,19,25)(H,21,24)/b20-10+. The summed E-state index contributed by atoms with van der Waals surface area (Å²) in [5, 5.41) is 25.4. The van der Waals surface area contributed by atoms with Crippen LogP contribution in [-0.2, 0) is 4.79 Å². The number of hydrazone groups is 1. The minimum atomic E-state index is -0.516. The Bertz CT molecular complexity index is 836. The van der Waals surface area contributed by atoms with Crippen LogP contribution < -0.4 is 10.7 Å². The summed E-state index contributed by atoms with van der Waals surface area (Å²) >= 11 is 3.27. The summed E-state index contributed by atoms with van der Waals surface area (Å²) in [6, 6.07) is 10.9. The van der Waals surface area contributed by atoms with Gasteiger partial charge in [-0.2, -0.15) is 5.10 Å². The van der Waals surface area contributed by atoms with E-state index in [0.717, 1.165) is 0 Å². The molecular weight excluding hydrogens is 390 g/mol. The van der Waals surface area contributed by atoms with Gasteiger partial charge in [-0.1, -0.05) is 12.1 Å². The molecule has 0 fully saturated rings. The van der Waals surface area contributed by atoms with Gasteiger partial charge in [-0.3, -0.25) is 9.59 Å². The Hall–Kier alpha value is -2.87. The first-order valence-electron chi connectivity index (χ1n) is 7.26. The Morgan fingerprint density at radius 3 is 2.52 bits per heavy atom. The van der Waals surface area contributed by atoms with Crippen LogP contribution >= 0.6 is 15.9 Å². The van der Waals surface area contributed by atoms with E-state index in [2.05, 4.69) is 31.8 Å². The van der Waals surface area contributed by atoms with Crippen LogP contribution in [0, 0.1) is 0 Å². The molecule has 25 heavy (non-hydrogen) atoms. The van der Waals surface area contributed by atoms with Crippen molar-refractivity contribution in [3.8, 4) is 11.5 Å². The third-order valence-corrected chi connectivity index (χ3v) is 3.94. The SMILES string of the molecule is C/C(=N\NC(=O)CNC(=O)c1ccccc1Br)c1ccc(O)cc1O. The van der Waals surface area contributed by atoms with E-state index in [1.54, 1.807) is 31.2 Å². The zero-order chi connectivity index (χ0) is 18.4. The van der Waals surface area contributed by atoms with Gasteiger partial charge in [0.25, 0.3) is 11.8 Å². The second kappa shape index (κ2) is 8.29. The van der Waals surface area contributed by atoms with Crippen molar-refractivity contribution in [2.75, 3.05) is 6.54 Å². The van der Waals surface area contributed by atoms with Crippen LogP contribution in [0.5, 0.6) is 11.5 Å². The molecule has 7 nitrogen and oxygen atoms in total. The minimum Gasteiger partial charge on any atom is -0.508 e. The van der Waals surface area contributed by atoms with Crippen LogP contribution in [-0.4, -0.2) is 34.3 Å². The van der Waals surface area contributed by atoms with Crippen LogP contribution in [0.4, 0.5) is 0 Å². The molecule has 0 saturated heterocycles. The van der Waals surface area contributed by atoms with Crippen molar-refractivity contribution in [3.05, 3.63) is 58.1 Å². The van der Waals surface area contributed by atoms with Crippen molar-refractivity contribution in [2.45, 2.75) is 6.92 Å².